The van der Waals surface area contributed by atoms with Gasteiger partial charge in [0.25, 0.3) is 5.91 Å². The maximum absolute atomic E-state index is 12.7. The predicted molar refractivity (Wildman–Crippen MR) is 83.8 cm³/mol. The number of nitrogens with zero attached hydrogens (tertiary/aromatic N) is 2. The van der Waals surface area contributed by atoms with Crippen molar-refractivity contribution in [2.45, 2.75) is 38.7 Å². The summed E-state index contributed by atoms with van der Waals surface area (Å²) >= 11 is 0. The molecule has 0 aliphatic carbocycles. The van der Waals surface area contributed by atoms with E-state index in [1.807, 2.05) is 24.1 Å². The first kappa shape index (κ1) is 15.8. The van der Waals surface area contributed by atoms with Crippen molar-refractivity contribution >= 4 is 11.7 Å². The molecular weight excluding hydrogens is 266 g/mol. The summed E-state index contributed by atoms with van der Waals surface area (Å²) in [6, 6.07) is 3.74. The molecule has 0 bridgehead atoms. The van der Waals surface area contributed by atoms with Crippen LogP contribution < -0.4 is 5.32 Å². The van der Waals surface area contributed by atoms with Crippen molar-refractivity contribution in [2.24, 2.45) is 0 Å². The van der Waals surface area contributed by atoms with Gasteiger partial charge in [-0.3, -0.25) is 4.79 Å². The number of anilines is 1. The van der Waals surface area contributed by atoms with Crippen LogP contribution in [0.2, 0.25) is 0 Å². The third-order valence-electron chi connectivity index (χ3n) is 4.00. The van der Waals surface area contributed by atoms with Crippen LogP contribution in [0.1, 0.15) is 48.7 Å². The lowest BCUT2D eigenvalue weighted by atomic mass is 10.0. The number of pyridine rings is 1. The van der Waals surface area contributed by atoms with Crippen molar-refractivity contribution in [3.05, 3.63) is 23.4 Å². The number of rotatable bonds is 4. The van der Waals surface area contributed by atoms with Gasteiger partial charge in [-0.1, -0.05) is 13.8 Å². The van der Waals surface area contributed by atoms with E-state index >= 15 is 0 Å². The second kappa shape index (κ2) is 6.89. The van der Waals surface area contributed by atoms with E-state index in [1.54, 1.807) is 7.11 Å². The maximum Gasteiger partial charge on any atom is 0.254 e. The normalized spacial score (nSPS) is 16.3. The van der Waals surface area contributed by atoms with Gasteiger partial charge < -0.3 is 15.0 Å². The molecule has 0 atom stereocenters. The van der Waals surface area contributed by atoms with Crippen LogP contribution in [0.4, 0.5) is 5.82 Å². The van der Waals surface area contributed by atoms with Crippen molar-refractivity contribution in [2.75, 3.05) is 32.6 Å². The number of nitrogens with one attached hydrogen (secondary N) is 1. The Morgan fingerprint density at radius 3 is 2.57 bits per heavy atom. The molecule has 2 heterocycles. The summed E-state index contributed by atoms with van der Waals surface area (Å²) < 4.78 is 5.35. The fraction of sp³-hybridized carbons (Fsp3) is 0.625. The molecule has 21 heavy (non-hydrogen) atoms. The minimum absolute atomic E-state index is 0.0883. The SMILES string of the molecule is CNc1cc(C(=O)N2CCC(OC)CC2)cc(C(C)C)n1. The average Bonchev–Trinajstić information content (AvgIpc) is 2.53. The number of aromatic nitrogens is 1. The Bertz CT molecular complexity index is 494. The largest absolute Gasteiger partial charge is 0.381 e. The molecule has 0 saturated carbocycles. The van der Waals surface area contributed by atoms with Crippen LogP contribution in [0.15, 0.2) is 12.1 Å². The van der Waals surface area contributed by atoms with Gasteiger partial charge in [-0.2, -0.15) is 0 Å². The number of hydrogen-bond donors (Lipinski definition) is 1. The summed E-state index contributed by atoms with van der Waals surface area (Å²) in [7, 11) is 3.56. The van der Waals surface area contributed by atoms with Gasteiger partial charge in [0, 0.05) is 38.5 Å². The molecule has 116 valence electrons. The molecule has 0 aromatic carbocycles. The van der Waals surface area contributed by atoms with Crippen LogP contribution in [0, 0.1) is 0 Å². The van der Waals surface area contributed by atoms with E-state index < -0.39 is 0 Å². The molecule has 1 aromatic heterocycles. The van der Waals surface area contributed by atoms with Crippen LogP contribution in [-0.4, -0.2) is 49.1 Å². The maximum atomic E-state index is 12.7. The number of amides is 1. The molecule has 1 aromatic rings. The number of methoxy groups -OCH3 is 1. The van der Waals surface area contributed by atoms with E-state index in [-0.39, 0.29) is 12.0 Å². The van der Waals surface area contributed by atoms with Crippen LogP contribution in [0.25, 0.3) is 0 Å². The smallest absolute Gasteiger partial charge is 0.254 e. The van der Waals surface area contributed by atoms with Gasteiger partial charge >= 0.3 is 0 Å². The summed E-state index contributed by atoms with van der Waals surface area (Å²) in [5, 5.41) is 3.03. The molecule has 0 unspecified atom stereocenters. The summed E-state index contributed by atoms with van der Waals surface area (Å²) in [6.45, 7) is 5.68. The van der Waals surface area contributed by atoms with Gasteiger partial charge in [-0.25, -0.2) is 4.98 Å². The zero-order valence-corrected chi connectivity index (χ0v) is 13.3. The molecule has 1 saturated heterocycles. The highest BCUT2D eigenvalue weighted by Crippen LogP contribution is 2.21. The lowest BCUT2D eigenvalue weighted by Crippen LogP contribution is -2.40. The van der Waals surface area contributed by atoms with E-state index in [1.165, 1.54) is 0 Å². The molecule has 0 spiro atoms. The van der Waals surface area contributed by atoms with E-state index in [0.717, 1.165) is 37.4 Å². The molecule has 2 rings (SSSR count). The average molecular weight is 291 g/mol. The number of carbonyl (C=O) groups excluding carboxylic acids is 1. The van der Waals surface area contributed by atoms with Gasteiger partial charge in [-0.05, 0) is 30.9 Å². The van der Waals surface area contributed by atoms with Gasteiger partial charge in [0.05, 0.1) is 6.10 Å². The molecule has 5 nitrogen and oxygen atoms in total. The van der Waals surface area contributed by atoms with Gasteiger partial charge in [-0.15, -0.1) is 0 Å². The van der Waals surface area contributed by atoms with E-state index in [0.29, 0.717) is 11.5 Å². The quantitative estimate of drug-likeness (QED) is 0.926. The van der Waals surface area contributed by atoms with E-state index in [4.69, 9.17) is 4.74 Å². The Balaban J connectivity index is 2.17. The van der Waals surface area contributed by atoms with Crippen molar-refractivity contribution in [3.8, 4) is 0 Å². The van der Waals surface area contributed by atoms with Crippen LogP contribution in [-0.2, 0) is 4.74 Å². The Morgan fingerprint density at radius 1 is 1.38 bits per heavy atom. The fourth-order valence-corrected chi connectivity index (χ4v) is 2.58. The number of likely N-dealkylation sites (tertiary alicyclic amines) is 1. The Labute approximate surface area is 126 Å². The molecule has 5 heteroatoms. The minimum Gasteiger partial charge on any atom is -0.381 e. The molecule has 0 radical (unpaired) electrons. The second-order valence-corrected chi connectivity index (χ2v) is 5.80. The van der Waals surface area contributed by atoms with E-state index in [9.17, 15) is 4.79 Å². The first-order valence-electron chi connectivity index (χ1n) is 7.57. The zero-order chi connectivity index (χ0) is 15.4. The van der Waals surface area contributed by atoms with Gasteiger partial charge in [0.1, 0.15) is 5.82 Å². The molecule has 1 aliphatic rings. The van der Waals surface area contributed by atoms with Crippen LogP contribution in [0.5, 0.6) is 0 Å². The Morgan fingerprint density at radius 2 is 2.05 bits per heavy atom. The summed E-state index contributed by atoms with van der Waals surface area (Å²) in [5.41, 5.74) is 1.66. The van der Waals surface area contributed by atoms with Crippen molar-refractivity contribution < 1.29 is 9.53 Å². The lowest BCUT2D eigenvalue weighted by Gasteiger charge is -2.31. The molecular formula is C16H25N3O2. The van der Waals surface area contributed by atoms with Crippen molar-refractivity contribution in [1.82, 2.24) is 9.88 Å². The summed E-state index contributed by atoms with van der Waals surface area (Å²) in [6.07, 6.45) is 2.09. The molecule has 1 fully saturated rings. The fourth-order valence-electron chi connectivity index (χ4n) is 2.58. The molecule has 1 amide bonds. The van der Waals surface area contributed by atoms with Crippen molar-refractivity contribution in [3.63, 3.8) is 0 Å². The van der Waals surface area contributed by atoms with Crippen LogP contribution in [0.3, 0.4) is 0 Å². The van der Waals surface area contributed by atoms with Gasteiger partial charge in [0.15, 0.2) is 0 Å². The zero-order valence-electron chi connectivity index (χ0n) is 13.3. The first-order valence-corrected chi connectivity index (χ1v) is 7.57. The number of piperidine rings is 1. The van der Waals surface area contributed by atoms with E-state index in [2.05, 4.69) is 24.1 Å². The van der Waals surface area contributed by atoms with Crippen LogP contribution >= 0.6 is 0 Å². The standard InChI is InChI=1S/C16H25N3O2/c1-11(2)14-9-12(10-15(17-3)18-14)16(20)19-7-5-13(21-4)6-8-19/h9-11,13H,5-8H2,1-4H3,(H,17,18). The Hall–Kier alpha value is -1.62. The first-order chi connectivity index (χ1) is 10.0. The highest BCUT2D eigenvalue weighted by molar-refractivity contribution is 5.95. The third kappa shape index (κ3) is 3.73. The Kier molecular flexibility index (Phi) is 5.17. The van der Waals surface area contributed by atoms with Gasteiger partial charge in [0.2, 0.25) is 0 Å². The highest BCUT2D eigenvalue weighted by Gasteiger charge is 2.24. The third-order valence-corrected chi connectivity index (χ3v) is 4.00. The number of ether oxygens (including phenoxy) is 1. The molecule has 1 aliphatic heterocycles. The summed E-state index contributed by atoms with van der Waals surface area (Å²) in [5.74, 6) is 1.13. The minimum atomic E-state index is 0.0883. The summed E-state index contributed by atoms with van der Waals surface area (Å²) in [4.78, 5) is 19.1. The second-order valence-electron chi connectivity index (χ2n) is 5.80. The predicted octanol–water partition coefficient (Wildman–Crippen LogP) is 2.50. The number of carbonyl (C=O) groups is 1. The number of hydrogen-bond acceptors (Lipinski definition) is 4. The molecule has 1 N–H and O–H groups in total. The highest BCUT2D eigenvalue weighted by atomic mass is 16.5. The lowest BCUT2D eigenvalue weighted by molar-refractivity contribution is 0.0350. The van der Waals surface area contributed by atoms with Crippen molar-refractivity contribution in [1.29, 1.82) is 0 Å². The topological polar surface area (TPSA) is 54.5 Å². The monoisotopic (exact) mass is 291 g/mol.